The van der Waals surface area contributed by atoms with Crippen LogP contribution in [0, 0.1) is 5.92 Å². The van der Waals surface area contributed by atoms with Crippen LogP contribution < -0.4 is 5.32 Å². The molecule has 0 saturated carbocycles. The Morgan fingerprint density at radius 2 is 2.53 bits per heavy atom. The molecular formula is C11H19N5O. The van der Waals surface area contributed by atoms with Gasteiger partial charge < -0.3 is 10.2 Å². The molecule has 6 nitrogen and oxygen atoms in total. The molecule has 1 atom stereocenters. The third-order valence-electron chi connectivity index (χ3n) is 3.21. The van der Waals surface area contributed by atoms with Crippen LogP contribution in [0.25, 0.3) is 0 Å². The van der Waals surface area contributed by atoms with Gasteiger partial charge in [-0.2, -0.15) is 5.10 Å². The molecule has 0 spiro atoms. The van der Waals surface area contributed by atoms with Crippen LogP contribution in [-0.4, -0.2) is 46.1 Å². The first-order valence-electron chi connectivity index (χ1n) is 6.04. The smallest absolute Gasteiger partial charge is 0.222 e. The molecule has 94 valence electrons. The van der Waals surface area contributed by atoms with E-state index in [0.29, 0.717) is 18.9 Å². The molecule has 0 aliphatic carbocycles. The Balaban J connectivity index is 1.71. The highest BCUT2D eigenvalue weighted by molar-refractivity contribution is 5.75. The van der Waals surface area contributed by atoms with Crippen LogP contribution >= 0.6 is 0 Å². The lowest BCUT2D eigenvalue weighted by molar-refractivity contribution is -0.130. The van der Waals surface area contributed by atoms with E-state index in [9.17, 15) is 4.79 Å². The summed E-state index contributed by atoms with van der Waals surface area (Å²) < 4.78 is 0. The van der Waals surface area contributed by atoms with Gasteiger partial charge in [0.25, 0.3) is 0 Å². The Morgan fingerprint density at radius 1 is 1.65 bits per heavy atom. The lowest BCUT2D eigenvalue weighted by Crippen LogP contribution is -2.27. The molecule has 1 aliphatic rings. The van der Waals surface area contributed by atoms with Gasteiger partial charge in [-0.3, -0.25) is 9.89 Å². The van der Waals surface area contributed by atoms with E-state index in [1.54, 1.807) is 11.9 Å². The molecule has 1 amide bonds. The number of amides is 1. The molecule has 2 heterocycles. The van der Waals surface area contributed by atoms with Gasteiger partial charge in [0, 0.05) is 13.5 Å². The highest BCUT2D eigenvalue weighted by Crippen LogP contribution is 2.15. The van der Waals surface area contributed by atoms with E-state index in [2.05, 4.69) is 20.5 Å². The fraction of sp³-hybridized carbons (Fsp3) is 0.727. The number of carbonyl (C=O) groups excluding carboxylic acids is 1. The molecule has 0 bridgehead atoms. The van der Waals surface area contributed by atoms with Crippen LogP contribution in [0.3, 0.4) is 0 Å². The summed E-state index contributed by atoms with van der Waals surface area (Å²) >= 11 is 0. The number of carbonyl (C=O) groups is 1. The van der Waals surface area contributed by atoms with Crippen LogP contribution in [0.4, 0.5) is 0 Å². The van der Waals surface area contributed by atoms with Crippen LogP contribution in [0.2, 0.25) is 0 Å². The van der Waals surface area contributed by atoms with Crippen molar-refractivity contribution in [1.29, 1.82) is 0 Å². The molecule has 1 saturated heterocycles. The Bertz CT molecular complexity index is 345. The van der Waals surface area contributed by atoms with Crippen molar-refractivity contribution in [3.05, 3.63) is 12.2 Å². The number of hydrogen-bond donors (Lipinski definition) is 2. The maximum atomic E-state index is 11.9. The quantitative estimate of drug-likeness (QED) is 0.764. The Labute approximate surface area is 101 Å². The number of aromatic nitrogens is 3. The zero-order chi connectivity index (χ0) is 12.1. The Hall–Kier alpha value is -1.43. The molecule has 1 aromatic rings. The first kappa shape index (κ1) is 12.0. The molecule has 1 aromatic heterocycles. The van der Waals surface area contributed by atoms with E-state index in [4.69, 9.17) is 0 Å². The number of nitrogens with one attached hydrogen (secondary N) is 2. The van der Waals surface area contributed by atoms with Crippen molar-refractivity contribution in [1.82, 2.24) is 25.4 Å². The molecular weight excluding hydrogens is 218 g/mol. The van der Waals surface area contributed by atoms with E-state index >= 15 is 0 Å². The largest absolute Gasteiger partial charge is 0.338 e. The van der Waals surface area contributed by atoms with E-state index in [1.165, 1.54) is 12.7 Å². The molecule has 2 rings (SSSR count). The summed E-state index contributed by atoms with van der Waals surface area (Å²) in [4.78, 5) is 17.6. The molecule has 6 heteroatoms. The van der Waals surface area contributed by atoms with Gasteiger partial charge in [-0.15, -0.1) is 0 Å². The summed E-state index contributed by atoms with van der Waals surface area (Å²) in [6, 6.07) is 0. The van der Waals surface area contributed by atoms with Crippen molar-refractivity contribution < 1.29 is 4.79 Å². The van der Waals surface area contributed by atoms with Crippen molar-refractivity contribution in [2.75, 3.05) is 20.1 Å². The number of H-pyrrole nitrogens is 1. The fourth-order valence-electron chi connectivity index (χ4n) is 2.10. The van der Waals surface area contributed by atoms with Crippen LogP contribution in [0.5, 0.6) is 0 Å². The van der Waals surface area contributed by atoms with E-state index in [0.717, 1.165) is 25.3 Å². The van der Waals surface area contributed by atoms with Crippen LogP contribution in [-0.2, 0) is 11.3 Å². The fourth-order valence-corrected chi connectivity index (χ4v) is 2.10. The third kappa shape index (κ3) is 3.52. The monoisotopic (exact) mass is 237 g/mol. The van der Waals surface area contributed by atoms with Crippen molar-refractivity contribution in [3.63, 3.8) is 0 Å². The molecule has 1 aliphatic heterocycles. The predicted octanol–water partition coefficient (Wildman–Crippen LogP) is 0.153. The summed E-state index contributed by atoms with van der Waals surface area (Å²) in [6.45, 7) is 2.65. The summed E-state index contributed by atoms with van der Waals surface area (Å²) in [5.41, 5.74) is 0. The van der Waals surface area contributed by atoms with Gasteiger partial charge in [0.05, 0.1) is 6.54 Å². The molecule has 17 heavy (non-hydrogen) atoms. The Morgan fingerprint density at radius 3 is 3.18 bits per heavy atom. The number of aromatic amines is 1. The Kier molecular flexibility index (Phi) is 4.08. The minimum absolute atomic E-state index is 0.174. The lowest BCUT2D eigenvalue weighted by atomic mass is 10.0. The summed E-state index contributed by atoms with van der Waals surface area (Å²) in [7, 11) is 1.80. The number of rotatable bonds is 5. The van der Waals surface area contributed by atoms with Gasteiger partial charge in [-0.05, 0) is 31.8 Å². The first-order chi connectivity index (χ1) is 8.25. The second-order valence-corrected chi connectivity index (χ2v) is 4.58. The van der Waals surface area contributed by atoms with Gasteiger partial charge in [0.1, 0.15) is 12.2 Å². The van der Waals surface area contributed by atoms with Gasteiger partial charge in [-0.25, -0.2) is 4.98 Å². The van der Waals surface area contributed by atoms with Crippen LogP contribution in [0.1, 0.15) is 25.1 Å². The van der Waals surface area contributed by atoms with E-state index < -0.39 is 0 Å². The minimum Gasteiger partial charge on any atom is -0.338 e. The summed E-state index contributed by atoms with van der Waals surface area (Å²) in [5, 5.41) is 9.83. The molecule has 1 fully saturated rings. The zero-order valence-electron chi connectivity index (χ0n) is 10.1. The number of hydrogen-bond acceptors (Lipinski definition) is 4. The molecule has 1 unspecified atom stereocenters. The molecule has 0 radical (unpaired) electrons. The van der Waals surface area contributed by atoms with Crippen molar-refractivity contribution in [3.8, 4) is 0 Å². The van der Waals surface area contributed by atoms with Crippen molar-refractivity contribution in [2.24, 2.45) is 5.92 Å². The third-order valence-corrected chi connectivity index (χ3v) is 3.21. The van der Waals surface area contributed by atoms with E-state index in [1.807, 2.05) is 0 Å². The number of nitrogens with zero attached hydrogens (tertiary/aromatic N) is 3. The summed E-state index contributed by atoms with van der Waals surface area (Å²) in [5.74, 6) is 1.56. The highest BCUT2D eigenvalue weighted by atomic mass is 16.2. The second kappa shape index (κ2) is 5.77. The van der Waals surface area contributed by atoms with Crippen molar-refractivity contribution >= 4 is 5.91 Å². The first-order valence-corrected chi connectivity index (χ1v) is 6.04. The SMILES string of the molecule is CN(Cc1ncn[nH]1)C(=O)CCC1CCNC1. The standard InChI is InChI=1S/C11H19N5O/c1-16(7-10-13-8-14-15-10)11(17)3-2-9-4-5-12-6-9/h8-9,12H,2-7H2,1H3,(H,13,14,15). The van der Waals surface area contributed by atoms with Crippen molar-refractivity contribution in [2.45, 2.75) is 25.8 Å². The van der Waals surface area contributed by atoms with Crippen LogP contribution in [0.15, 0.2) is 6.33 Å². The second-order valence-electron chi connectivity index (χ2n) is 4.58. The van der Waals surface area contributed by atoms with Gasteiger partial charge in [0.15, 0.2) is 0 Å². The topological polar surface area (TPSA) is 73.9 Å². The normalized spacial score (nSPS) is 19.5. The maximum absolute atomic E-state index is 11.9. The predicted molar refractivity (Wildman–Crippen MR) is 63.1 cm³/mol. The van der Waals surface area contributed by atoms with E-state index in [-0.39, 0.29) is 5.91 Å². The average molecular weight is 237 g/mol. The average Bonchev–Trinajstić information content (AvgIpc) is 2.98. The highest BCUT2D eigenvalue weighted by Gasteiger charge is 2.17. The molecule has 2 N–H and O–H groups in total. The zero-order valence-corrected chi connectivity index (χ0v) is 10.1. The van der Waals surface area contributed by atoms with Gasteiger partial charge >= 0.3 is 0 Å². The van der Waals surface area contributed by atoms with Gasteiger partial charge in [0.2, 0.25) is 5.91 Å². The lowest BCUT2D eigenvalue weighted by Gasteiger charge is -2.16. The molecule has 0 aromatic carbocycles. The summed E-state index contributed by atoms with van der Waals surface area (Å²) in [6.07, 6.45) is 4.25. The maximum Gasteiger partial charge on any atom is 0.222 e. The van der Waals surface area contributed by atoms with Gasteiger partial charge in [-0.1, -0.05) is 0 Å². The minimum atomic E-state index is 0.174.